The molecule has 1 unspecified atom stereocenters. The van der Waals surface area contributed by atoms with Crippen LogP contribution in [-0.4, -0.2) is 22.9 Å². The van der Waals surface area contributed by atoms with Gasteiger partial charge in [-0.25, -0.2) is 0 Å². The second-order valence-corrected chi connectivity index (χ2v) is 9.15. The number of ketones is 1. The van der Waals surface area contributed by atoms with Crippen LogP contribution < -0.4 is 9.64 Å². The maximum atomic E-state index is 13.2. The summed E-state index contributed by atoms with van der Waals surface area (Å²) in [5.74, 6) is -0.808. The Morgan fingerprint density at radius 2 is 1.84 bits per heavy atom. The van der Waals surface area contributed by atoms with E-state index in [-0.39, 0.29) is 17.4 Å². The van der Waals surface area contributed by atoms with Crippen molar-refractivity contribution in [3.63, 3.8) is 0 Å². The van der Waals surface area contributed by atoms with Gasteiger partial charge in [0.05, 0.1) is 11.7 Å². The lowest BCUT2D eigenvalue weighted by Gasteiger charge is -2.24. The Morgan fingerprint density at radius 1 is 1.06 bits per heavy atom. The van der Waals surface area contributed by atoms with E-state index in [1.807, 2.05) is 63.4 Å². The van der Waals surface area contributed by atoms with Crippen LogP contribution in [0.5, 0.6) is 5.75 Å². The van der Waals surface area contributed by atoms with Gasteiger partial charge in [0.1, 0.15) is 17.6 Å². The Labute approximate surface area is 191 Å². The second-order valence-electron chi connectivity index (χ2n) is 8.17. The summed E-state index contributed by atoms with van der Waals surface area (Å²) in [7, 11) is 0. The minimum Gasteiger partial charge on any atom is -0.507 e. The number of nitrogens with zero attached hydrogens (tertiary/aromatic N) is 1. The van der Waals surface area contributed by atoms with Gasteiger partial charge in [-0.3, -0.25) is 14.5 Å². The third kappa shape index (κ3) is 3.94. The van der Waals surface area contributed by atoms with Gasteiger partial charge in [0.15, 0.2) is 0 Å². The topological polar surface area (TPSA) is 66.8 Å². The van der Waals surface area contributed by atoms with Crippen LogP contribution in [0.1, 0.15) is 41.5 Å². The molecule has 2 heterocycles. The molecule has 1 amide bonds. The first kappa shape index (κ1) is 21.8. The summed E-state index contributed by atoms with van der Waals surface area (Å²) < 4.78 is 5.78. The van der Waals surface area contributed by atoms with Crippen LogP contribution in [0.25, 0.3) is 5.76 Å². The smallest absolute Gasteiger partial charge is 0.300 e. The zero-order valence-electron chi connectivity index (χ0n) is 18.5. The molecule has 0 aliphatic carbocycles. The summed E-state index contributed by atoms with van der Waals surface area (Å²) in [4.78, 5) is 28.6. The highest BCUT2D eigenvalue weighted by atomic mass is 32.1. The standard InChI is InChI=1S/C26H25NO4S/c1-15(2)31-20-11-10-18(14-17(20)4)24(28)22-23(21-9-6-12-32-21)27(26(30)25(22)29)19-8-5-7-16(3)13-19/h5-15,23,28H,1-4H3/b24-22-. The molecule has 32 heavy (non-hydrogen) atoms. The Hall–Kier alpha value is -3.38. The molecule has 1 saturated heterocycles. The van der Waals surface area contributed by atoms with Crippen molar-refractivity contribution in [2.75, 3.05) is 4.90 Å². The highest BCUT2D eigenvalue weighted by molar-refractivity contribution is 7.10. The number of thiophene rings is 1. The van der Waals surface area contributed by atoms with E-state index < -0.39 is 17.7 Å². The number of carbonyl (C=O) groups is 2. The number of carbonyl (C=O) groups excluding carboxylic acids is 2. The quantitative estimate of drug-likeness (QED) is 0.306. The van der Waals surface area contributed by atoms with Gasteiger partial charge in [0.2, 0.25) is 0 Å². The fourth-order valence-corrected chi connectivity index (χ4v) is 4.75. The van der Waals surface area contributed by atoms with Crippen molar-refractivity contribution in [3.05, 3.63) is 87.1 Å². The molecule has 4 rings (SSSR count). The van der Waals surface area contributed by atoms with Crippen molar-refractivity contribution in [1.82, 2.24) is 0 Å². The Kier molecular flexibility index (Phi) is 5.89. The largest absolute Gasteiger partial charge is 0.507 e. The van der Waals surface area contributed by atoms with Gasteiger partial charge < -0.3 is 9.84 Å². The molecule has 0 bridgehead atoms. The third-order valence-corrected chi connectivity index (χ3v) is 6.27. The van der Waals surface area contributed by atoms with Crippen LogP contribution in [0.4, 0.5) is 5.69 Å². The molecule has 0 radical (unpaired) electrons. The van der Waals surface area contributed by atoms with Gasteiger partial charge in [-0.15, -0.1) is 11.3 Å². The Morgan fingerprint density at radius 3 is 2.47 bits per heavy atom. The number of ether oxygens (including phenoxy) is 1. The van der Waals surface area contributed by atoms with Crippen LogP contribution in [0.3, 0.4) is 0 Å². The summed E-state index contributed by atoms with van der Waals surface area (Å²) in [6.07, 6.45) is 0.0200. The molecule has 3 aromatic rings. The number of hydrogen-bond acceptors (Lipinski definition) is 5. The number of aryl methyl sites for hydroxylation is 2. The van der Waals surface area contributed by atoms with Crippen LogP contribution in [-0.2, 0) is 9.59 Å². The lowest BCUT2D eigenvalue weighted by molar-refractivity contribution is -0.132. The fourth-order valence-electron chi connectivity index (χ4n) is 3.93. The van der Waals surface area contributed by atoms with Crippen molar-refractivity contribution in [2.24, 2.45) is 0 Å². The third-order valence-electron chi connectivity index (χ3n) is 5.35. The van der Waals surface area contributed by atoms with Crippen LogP contribution in [0.2, 0.25) is 0 Å². The van der Waals surface area contributed by atoms with E-state index in [4.69, 9.17) is 4.74 Å². The normalized spacial score (nSPS) is 17.9. The molecule has 1 atom stereocenters. The number of aliphatic hydroxyl groups excluding tert-OH is 1. The highest BCUT2D eigenvalue weighted by Crippen LogP contribution is 2.43. The monoisotopic (exact) mass is 447 g/mol. The van der Waals surface area contributed by atoms with E-state index in [0.29, 0.717) is 17.0 Å². The number of rotatable bonds is 5. The molecule has 0 spiro atoms. The summed E-state index contributed by atoms with van der Waals surface area (Å²) >= 11 is 1.44. The predicted octanol–water partition coefficient (Wildman–Crippen LogP) is 5.78. The maximum absolute atomic E-state index is 13.2. The van der Waals surface area contributed by atoms with E-state index in [0.717, 1.165) is 16.0 Å². The van der Waals surface area contributed by atoms with Crippen LogP contribution in [0.15, 0.2) is 65.6 Å². The minimum absolute atomic E-state index is 0.0200. The molecule has 1 N–H and O–H groups in total. The lowest BCUT2D eigenvalue weighted by Crippen LogP contribution is -2.29. The van der Waals surface area contributed by atoms with E-state index in [2.05, 4.69) is 0 Å². The van der Waals surface area contributed by atoms with Gasteiger partial charge in [0.25, 0.3) is 11.7 Å². The molecule has 164 valence electrons. The molecule has 1 aromatic heterocycles. The SMILES string of the molecule is Cc1cccc(N2C(=O)C(=O)/C(=C(\O)c3ccc(OC(C)C)c(C)c3)C2c2cccs2)c1. The molecule has 6 heteroatoms. The van der Waals surface area contributed by atoms with E-state index in [9.17, 15) is 14.7 Å². The van der Waals surface area contributed by atoms with E-state index >= 15 is 0 Å². The first-order valence-electron chi connectivity index (χ1n) is 10.5. The zero-order chi connectivity index (χ0) is 23.0. The summed E-state index contributed by atoms with van der Waals surface area (Å²) in [5.41, 5.74) is 3.01. The average Bonchev–Trinajstić information content (AvgIpc) is 3.36. The van der Waals surface area contributed by atoms with Gasteiger partial charge in [-0.2, -0.15) is 0 Å². The van der Waals surface area contributed by atoms with Gasteiger partial charge >= 0.3 is 0 Å². The first-order valence-corrected chi connectivity index (χ1v) is 11.3. The molecule has 1 aliphatic heterocycles. The Bertz CT molecular complexity index is 1210. The molecule has 2 aromatic carbocycles. The van der Waals surface area contributed by atoms with Crippen LogP contribution >= 0.6 is 11.3 Å². The number of amides is 1. The van der Waals surface area contributed by atoms with Crippen molar-refractivity contribution in [3.8, 4) is 5.75 Å². The highest BCUT2D eigenvalue weighted by Gasteiger charge is 2.47. The summed E-state index contributed by atoms with van der Waals surface area (Å²) in [6, 6.07) is 15.8. The van der Waals surface area contributed by atoms with Gasteiger partial charge in [0, 0.05) is 16.1 Å². The van der Waals surface area contributed by atoms with E-state index in [1.54, 1.807) is 24.3 Å². The van der Waals surface area contributed by atoms with Crippen molar-refractivity contribution < 1.29 is 19.4 Å². The summed E-state index contributed by atoms with van der Waals surface area (Å²) in [6.45, 7) is 7.71. The zero-order valence-corrected chi connectivity index (χ0v) is 19.3. The number of Topliss-reactive ketones (excluding diaryl/α,β-unsaturated/α-hetero) is 1. The maximum Gasteiger partial charge on any atom is 0.300 e. The van der Waals surface area contributed by atoms with Crippen molar-refractivity contribution in [2.45, 2.75) is 39.8 Å². The lowest BCUT2D eigenvalue weighted by atomic mass is 9.98. The molecular weight excluding hydrogens is 422 g/mol. The molecular formula is C26H25NO4S. The predicted molar refractivity (Wildman–Crippen MR) is 127 cm³/mol. The van der Waals surface area contributed by atoms with Crippen molar-refractivity contribution >= 4 is 34.5 Å². The number of anilines is 1. The average molecular weight is 448 g/mol. The molecule has 1 fully saturated rings. The second kappa shape index (κ2) is 8.63. The Balaban J connectivity index is 1.86. The number of benzene rings is 2. The van der Waals surface area contributed by atoms with Crippen LogP contribution in [0, 0.1) is 13.8 Å². The fraction of sp³-hybridized carbons (Fsp3) is 0.231. The van der Waals surface area contributed by atoms with Gasteiger partial charge in [-0.05, 0) is 80.6 Å². The molecule has 0 saturated carbocycles. The first-order chi connectivity index (χ1) is 15.3. The van der Waals surface area contributed by atoms with Gasteiger partial charge in [-0.1, -0.05) is 18.2 Å². The number of aliphatic hydroxyl groups is 1. The van der Waals surface area contributed by atoms with Crippen molar-refractivity contribution in [1.29, 1.82) is 0 Å². The molecule has 1 aliphatic rings. The summed E-state index contributed by atoms with van der Waals surface area (Å²) in [5, 5.41) is 13.1. The molecule has 5 nitrogen and oxygen atoms in total. The van der Waals surface area contributed by atoms with E-state index in [1.165, 1.54) is 16.2 Å². The number of hydrogen-bond donors (Lipinski definition) is 1. The minimum atomic E-state index is -0.692.